The summed E-state index contributed by atoms with van der Waals surface area (Å²) in [5, 5.41) is 6.16. The molecule has 0 aliphatic carbocycles. The monoisotopic (exact) mass is 303 g/mol. The standard InChI is InChI=1S/C15H17N3O2S/c1-3-19-11(2)15-16-6-7-18(15)10-12-9-13(20-17-12)14-5-4-8-21-14/h4-9,11H,3,10H2,1-2H3/t11-/m1/s1. The molecule has 0 saturated carbocycles. The van der Waals surface area contributed by atoms with Crippen LogP contribution in [-0.4, -0.2) is 21.3 Å². The summed E-state index contributed by atoms with van der Waals surface area (Å²) in [6, 6.07) is 6.00. The van der Waals surface area contributed by atoms with Gasteiger partial charge in [0, 0.05) is 25.1 Å². The summed E-state index contributed by atoms with van der Waals surface area (Å²) in [4.78, 5) is 5.45. The summed E-state index contributed by atoms with van der Waals surface area (Å²) in [5.74, 6) is 1.71. The van der Waals surface area contributed by atoms with Gasteiger partial charge in [0.2, 0.25) is 0 Å². The summed E-state index contributed by atoms with van der Waals surface area (Å²) in [5.41, 5.74) is 0.876. The van der Waals surface area contributed by atoms with Crippen molar-refractivity contribution in [2.75, 3.05) is 6.61 Å². The van der Waals surface area contributed by atoms with Gasteiger partial charge in [-0.25, -0.2) is 4.98 Å². The Morgan fingerprint density at radius 1 is 1.48 bits per heavy atom. The number of rotatable bonds is 6. The third-order valence-electron chi connectivity index (χ3n) is 3.18. The van der Waals surface area contributed by atoms with Gasteiger partial charge < -0.3 is 13.8 Å². The van der Waals surface area contributed by atoms with E-state index in [1.54, 1.807) is 17.5 Å². The van der Waals surface area contributed by atoms with E-state index in [2.05, 4.69) is 10.1 Å². The lowest BCUT2D eigenvalue weighted by Crippen LogP contribution is -2.10. The fourth-order valence-corrected chi connectivity index (χ4v) is 2.91. The Morgan fingerprint density at radius 3 is 3.14 bits per heavy atom. The fraction of sp³-hybridized carbons (Fsp3) is 0.333. The van der Waals surface area contributed by atoms with Crippen LogP contribution in [0.1, 0.15) is 31.5 Å². The minimum atomic E-state index is -0.0336. The average Bonchev–Trinajstić information content (AvgIpc) is 3.20. The second-order valence-corrected chi connectivity index (χ2v) is 5.62. The van der Waals surface area contributed by atoms with Crippen LogP contribution in [0.5, 0.6) is 0 Å². The topological polar surface area (TPSA) is 53.1 Å². The maximum Gasteiger partial charge on any atom is 0.177 e. The third kappa shape index (κ3) is 3.06. The summed E-state index contributed by atoms with van der Waals surface area (Å²) >= 11 is 1.64. The zero-order valence-electron chi connectivity index (χ0n) is 12.0. The molecular formula is C15H17N3O2S. The summed E-state index contributed by atoms with van der Waals surface area (Å²) in [6.45, 7) is 5.28. The molecule has 0 amide bonds. The molecule has 0 aliphatic rings. The van der Waals surface area contributed by atoms with Crippen LogP contribution in [0.15, 0.2) is 40.5 Å². The highest BCUT2D eigenvalue weighted by Gasteiger charge is 2.14. The molecule has 1 atom stereocenters. The van der Waals surface area contributed by atoms with Gasteiger partial charge in [-0.2, -0.15) is 0 Å². The van der Waals surface area contributed by atoms with Crippen LogP contribution in [0.4, 0.5) is 0 Å². The normalized spacial score (nSPS) is 12.7. The van der Waals surface area contributed by atoms with E-state index >= 15 is 0 Å². The molecule has 0 saturated heterocycles. The molecule has 0 N–H and O–H groups in total. The highest BCUT2D eigenvalue weighted by Crippen LogP contribution is 2.25. The molecule has 0 bridgehead atoms. The summed E-state index contributed by atoms with van der Waals surface area (Å²) in [7, 11) is 0. The van der Waals surface area contributed by atoms with Crippen molar-refractivity contribution in [2.45, 2.75) is 26.5 Å². The Bertz CT molecular complexity index is 687. The van der Waals surface area contributed by atoms with Crippen molar-refractivity contribution in [1.29, 1.82) is 0 Å². The fourth-order valence-electron chi connectivity index (χ4n) is 2.23. The van der Waals surface area contributed by atoms with E-state index in [-0.39, 0.29) is 6.10 Å². The van der Waals surface area contributed by atoms with E-state index in [0.29, 0.717) is 13.2 Å². The quantitative estimate of drug-likeness (QED) is 0.696. The lowest BCUT2D eigenvalue weighted by atomic mass is 10.3. The van der Waals surface area contributed by atoms with Gasteiger partial charge in [0.15, 0.2) is 5.76 Å². The van der Waals surface area contributed by atoms with E-state index in [9.17, 15) is 0 Å². The first-order chi connectivity index (χ1) is 10.3. The molecular weight excluding hydrogens is 286 g/mol. The number of thiophene rings is 1. The van der Waals surface area contributed by atoms with Gasteiger partial charge in [0.25, 0.3) is 0 Å². The van der Waals surface area contributed by atoms with Crippen LogP contribution < -0.4 is 0 Å². The number of hydrogen-bond acceptors (Lipinski definition) is 5. The Hall–Kier alpha value is -1.92. The zero-order chi connectivity index (χ0) is 14.7. The molecule has 0 spiro atoms. The Balaban J connectivity index is 1.77. The molecule has 3 heterocycles. The second kappa shape index (κ2) is 6.24. The van der Waals surface area contributed by atoms with Gasteiger partial charge in [0.1, 0.15) is 17.6 Å². The van der Waals surface area contributed by atoms with E-state index in [1.807, 2.05) is 48.2 Å². The summed E-state index contributed by atoms with van der Waals surface area (Å²) < 4.78 is 13.0. The van der Waals surface area contributed by atoms with Crippen LogP contribution in [0.3, 0.4) is 0 Å². The van der Waals surface area contributed by atoms with Crippen LogP contribution in [0, 0.1) is 0 Å². The third-order valence-corrected chi connectivity index (χ3v) is 4.07. The number of nitrogens with zero attached hydrogens (tertiary/aromatic N) is 3. The first kappa shape index (κ1) is 14.0. The first-order valence-electron chi connectivity index (χ1n) is 6.90. The number of hydrogen-bond donors (Lipinski definition) is 0. The molecule has 6 heteroatoms. The molecule has 5 nitrogen and oxygen atoms in total. The predicted octanol–water partition coefficient (Wildman–Crippen LogP) is 3.75. The molecule has 110 valence electrons. The number of ether oxygens (including phenoxy) is 1. The molecule has 3 aromatic heterocycles. The first-order valence-corrected chi connectivity index (χ1v) is 7.78. The minimum absolute atomic E-state index is 0.0336. The van der Waals surface area contributed by atoms with Gasteiger partial charge in [0.05, 0.1) is 11.4 Å². The average molecular weight is 303 g/mol. The van der Waals surface area contributed by atoms with Crippen molar-refractivity contribution in [3.8, 4) is 10.6 Å². The van der Waals surface area contributed by atoms with E-state index in [0.717, 1.165) is 22.2 Å². The van der Waals surface area contributed by atoms with Crippen molar-refractivity contribution < 1.29 is 9.26 Å². The highest BCUT2D eigenvalue weighted by atomic mass is 32.1. The Kier molecular flexibility index (Phi) is 4.17. The van der Waals surface area contributed by atoms with Crippen LogP contribution >= 0.6 is 11.3 Å². The van der Waals surface area contributed by atoms with Crippen molar-refractivity contribution >= 4 is 11.3 Å². The van der Waals surface area contributed by atoms with Gasteiger partial charge in [-0.15, -0.1) is 11.3 Å². The Labute approximate surface area is 127 Å². The molecule has 0 aromatic carbocycles. The molecule has 0 aliphatic heterocycles. The van der Waals surface area contributed by atoms with Crippen LogP contribution in [-0.2, 0) is 11.3 Å². The lowest BCUT2D eigenvalue weighted by Gasteiger charge is -2.12. The summed E-state index contributed by atoms with van der Waals surface area (Å²) in [6.07, 6.45) is 3.68. The second-order valence-electron chi connectivity index (χ2n) is 4.67. The van der Waals surface area contributed by atoms with Gasteiger partial charge >= 0.3 is 0 Å². The molecule has 0 unspecified atom stereocenters. The van der Waals surface area contributed by atoms with Crippen LogP contribution in [0.2, 0.25) is 0 Å². The van der Waals surface area contributed by atoms with Gasteiger partial charge in [-0.05, 0) is 25.3 Å². The highest BCUT2D eigenvalue weighted by molar-refractivity contribution is 7.13. The largest absolute Gasteiger partial charge is 0.371 e. The molecule has 0 radical (unpaired) electrons. The molecule has 3 aromatic rings. The van der Waals surface area contributed by atoms with Crippen molar-refractivity contribution in [2.24, 2.45) is 0 Å². The minimum Gasteiger partial charge on any atom is -0.371 e. The smallest absolute Gasteiger partial charge is 0.177 e. The van der Waals surface area contributed by atoms with Gasteiger partial charge in [-0.3, -0.25) is 0 Å². The molecule has 3 rings (SSSR count). The SMILES string of the molecule is CCO[C@H](C)c1nccn1Cc1cc(-c2cccs2)on1. The maximum absolute atomic E-state index is 5.60. The lowest BCUT2D eigenvalue weighted by molar-refractivity contribution is 0.0677. The zero-order valence-corrected chi connectivity index (χ0v) is 12.8. The predicted molar refractivity (Wildman–Crippen MR) is 81.2 cm³/mol. The Morgan fingerprint density at radius 2 is 2.38 bits per heavy atom. The van der Waals surface area contributed by atoms with Crippen LogP contribution in [0.25, 0.3) is 10.6 Å². The number of imidazole rings is 1. The number of aromatic nitrogens is 3. The van der Waals surface area contributed by atoms with E-state index in [1.165, 1.54) is 0 Å². The maximum atomic E-state index is 5.60. The van der Waals surface area contributed by atoms with Crippen molar-refractivity contribution in [3.05, 3.63) is 47.5 Å². The van der Waals surface area contributed by atoms with E-state index in [4.69, 9.17) is 9.26 Å². The molecule has 0 fully saturated rings. The van der Waals surface area contributed by atoms with Crippen molar-refractivity contribution in [1.82, 2.24) is 14.7 Å². The van der Waals surface area contributed by atoms with E-state index < -0.39 is 0 Å². The van der Waals surface area contributed by atoms with Crippen molar-refractivity contribution in [3.63, 3.8) is 0 Å². The van der Waals surface area contributed by atoms with Gasteiger partial charge in [-0.1, -0.05) is 11.2 Å². The molecule has 21 heavy (non-hydrogen) atoms.